The number of anilines is 2. The van der Waals surface area contributed by atoms with Crippen molar-refractivity contribution >= 4 is 29.2 Å². The Morgan fingerprint density at radius 1 is 0.737 bits per heavy atom. The average molecular weight is 509 g/mol. The molecule has 0 atom stereocenters. The number of carbonyl (C=O) groups is 3. The number of ether oxygens (including phenoxy) is 1. The van der Waals surface area contributed by atoms with E-state index in [4.69, 9.17) is 9.84 Å². The molecule has 7 nitrogen and oxygen atoms in total. The Morgan fingerprint density at radius 2 is 1.47 bits per heavy atom. The van der Waals surface area contributed by atoms with Crippen molar-refractivity contribution in [3.05, 3.63) is 114 Å². The molecule has 0 heterocycles. The smallest absolute Gasteiger partial charge is 0.335 e. The first-order chi connectivity index (χ1) is 18.5. The largest absolute Gasteiger partial charge is 0.493 e. The molecule has 0 aliphatic rings. The van der Waals surface area contributed by atoms with Crippen LogP contribution in [0.1, 0.15) is 40.0 Å². The van der Waals surface area contributed by atoms with Crippen LogP contribution < -0.4 is 15.4 Å². The van der Waals surface area contributed by atoms with Crippen LogP contribution in [-0.4, -0.2) is 29.5 Å². The minimum absolute atomic E-state index is 0.0666. The molecule has 7 heteroatoms. The lowest BCUT2D eigenvalue weighted by atomic mass is 10.1. The minimum Gasteiger partial charge on any atom is -0.493 e. The lowest BCUT2D eigenvalue weighted by Gasteiger charge is -2.13. The van der Waals surface area contributed by atoms with Crippen LogP contribution >= 0.6 is 0 Å². The molecule has 2 amide bonds. The number of aromatic carboxylic acids is 1. The molecular formula is C31H28N2O5. The first kappa shape index (κ1) is 26.2. The van der Waals surface area contributed by atoms with Crippen molar-refractivity contribution < 1.29 is 24.2 Å². The first-order valence-corrected chi connectivity index (χ1v) is 12.3. The fourth-order valence-electron chi connectivity index (χ4n) is 3.95. The Morgan fingerprint density at radius 3 is 2.29 bits per heavy atom. The van der Waals surface area contributed by atoms with Gasteiger partial charge in [0, 0.05) is 17.7 Å². The fraction of sp³-hybridized carbons (Fsp3) is 0.129. The Labute approximate surface area is 221 Å². The van der Waals surface area contributed by atoms with E-state index in [2.05, 4.69) is 10.6 Å². The Balaban J connectivity index is 1.28. The quantitative estimate of drug-likeness (QED) is 0.201. The number of carboxylic acids is 1. The molecule has 192 valence electrons. The maximum Gasteiger partial charge on any atom is 0.335 e. The third-order valence-corrected chi connectivity index (χ3v) is 5.84. The summed E-state index contributed by atoms with van der Waals surface area (Å²) in [5.74, 6) is -0.937. The van der Waals surface area contributed by atoms with Gasteiger partial charge >= 0.3 is 5.97 Å². The van der Waals surface area contributed by atoms with E-state index in [1.165, 1.54) is 12.1 Å². The molecule has 3 N–H and O–H groups in total. The van der Waals surface area contributed by atoms with Crippen LogP contribution in [0.15, 0.2) is 103 Å². The molecule has 0 saturated heterocycles. The molecule has 0 aliphatic heterocycles. The van der Waals surface area contributed by atoms with E-state index in [0.29, 0.717) is 30.8 Å². The molecule has 0 aliphatic carbocycles. The first-order valence-electron chi connectivity index (χ1n) is 12.3. The topological polar surface area (TPSA) is 105 Å². The second kappa shape index (κ2) is 12.9. The van der Waals surface area contributed by atoms with Gasteiger partial charge in [-0.2, -0.15) is 0 Å². The summed E-state index contributed by atoms with van der Waals surface area (Å²) in [7, 11) is 0. The highest BCUT2D eigenvalue weighted by Gasteiger charge is 2.14. The summed E-state index contributed by atoms with van der Waals surface area (Å²) < 4.78 is 6.00. The number of rotatable bonds is 11. The number of carboxylic acid groups (broad SMARTS) is 1. The van der Waals surface area contributed by atoms with Crippen molar-refractivity contribution in [2.24, 2.45) is 0 Å². The normalized spacial score (nSPS) is 10.4. The number of unbranched alkanes of at least 4 members (excludes halogenated alkanes) is 1. The van der Waals surface area contributed by atoms with E-state index in [-0.39, 0.29) is 23.5 Å². The molecule has 0 unspecified atom stereocenters. The molecule has 0 spiro atoms. The number of hydrogen-bond acceptors (Lipinski definition) is 4. The van der Waals surface area contributed by atoms with Crippen molar-refractivity contribution in [1.29, 1.82) is 0 Å². The molecule has 0 saturated carbocycles. The Bertz CT molecular complexity index is 1420. The molecule has 4 aromatic carbocycles. The van der Waals surface area contributed by atoms with Gasteiger partial charge < -0.3 is 20.5 Å². The van der Waals surface area contributed by atoms with E-state index in [0.717, 1.165) is 16.9 Å². The minimum atomic E-state index is -1.08. The van der Waals surface area contributed by atoms with Crippen LogP contribution in [0.3, 0.4) is 0 Å². The number of benzene rings is 4. The predicted octanol–water partition coefficient (Wildman–Crippen LogP) is 6.49. The van der Waals surface area contributed by atoms with E-state index >= 15 is 0 Å². The fourth-order valence-corrected chi connectivity index (χ4v) is 3.95. The Hall–Kier alpha value is -4.91. The van der Waals surface area contributed by atoms with Crippen LogP contribution in [-0.2, 0) is 4.79 Å². The summed E-state index contributed by atoms with van der Waals surface area (Å²) >= 11 is 0. The number of amides is 2. The highest BCUT2D eigenvalue weighted by Crippen LogP contribution is 2.29. The van der Waals surface area contributed by atoms with Crippen molar-refractivity contribution in [2.45, 2.75) is 19.3 Å². The molecule has 38 heavy (non-hydrogen) atoms. The molecule has 0 radical (unpaired) electrons. The molecule has 0 bridgehead atoms. The van der Waals surface area contributed by atoms with Crippen LogP contribution in [0.5, 0.6) is 5.75 Å². The van der Waals surface area contributed by atoms with Crippen LogP contribution in [0, 0.1) is 0 Å². The summed E-state index contributed by atoms with van der Waals surface area (Å²) in [4.78, 5) is 36.6. The molecular weight excluding hydrogens is 480 g/mol. The van der Waals surface area contributed by atoms with Gasteiger partial charge in [0.1, 0.15) is 5.75 Å². The number of carbonyl (C=O) groups excluding carboxylic acids is 2. The maximum absolute atomic E-state index is 12.8. The zero-order chi connectivity index (χ0) is 26.7. The second-order valence-electron chi connectivity index (χ2n) is 8.60. The number of nitrogens with one attached hydrogen (secondary N) is 2. The number of hydrogen-bond donors (Lipinski definition) is 3. The van der Waals surface area contributed by atoms with E-state index in [1.54, 1.807) is 36.4 Å². The highest BCUT2D eigenvalue weighted by molar-refractivity contribution is 6.10. The molecule has 0 aromatic heterocycles. The average Bonchev–Trinajstić information content (AvgIpc) is 2.94. The summed E-state index contributed by atoms with van der Waals surface area (Å²) in [6.07, 6.45) is 1.59. The van der Waals surface area contributed by atoms with Crippen LogP contribution in [0.4, 0.5) is 11.4 Å². The van der Waals surface area contributed by atoms with Gasteiger partial charge in [-0.15, -0.1) is 0 Å². The standard InChI is InChI=1S/C31H28N2O5/c34-29(19-8-9-20-38-28-18-7-5-15-25(28)22-11-2-1-3-12-22)33-27-17-6-4-16-26(27)30(35)32-24-14-10-13-23(21-24)31(36)37/h1-7,10-18,21H,8-9,19-20H2,(H,32,35)(H,33,34)(H,36,37). The second-order valence-corrected chi connectivity index (χ2v) is 8.60. The monoisotopic (exact) mass is 508 g/mol. The van der Waals surface area contributed by atoms with Gasteiger partial charge in [-0.1, -0.05) is 66.7 Å². The van der Waals surface area contributed by atoms with Crippen molar-refractivity contribution in [2.75, 3.05) is 17.2 Å². The third kappa shape index (κ3) is 7.07. The van der Waals surface area contributed by atoms with Gasteiger partial charge in [0.2, 0.25) is 5.91 Å². The molecule has 0 fully saturated rings. The van der Waals surface area contributed by atoms with Crippen molar-refractivity contribution in [3.63, 3.8) is 0 Å². The molecule has 4 aromatic rings. The van der Waals surface area contributed by atoms with Crippen LogP contribution in [0.2, 0.25) is 0 Å². The maximum atomic E-state index is 12.8. The zero-order valence-electron chi connectivity index (χ0n) is 20.7. The summed E-state index contributed by atoms with van der Waals surface area (Å²) in [6.45, 7) is 0.478. The summed E-state index contributed by atoms with van der Waals surface area (Å²) in [5.41, 5.74) is 3.19. The zero-order valence-corrected chi connectivity index (χ0v) is 20.7. The third-order valence-electron chi connectivity index (χ3n) is 5.84. The SMILES string of the molecule is O=C(CCCCOc1ccccc1-c1ccccc1)Nc1ccccc1C(=O)Nc1cccc(C(=O)O)c1. The number of para-hydroxylation sites is 2. The van der Waals surface area contributed by atoms with Crippen molar-refractivity contribution in [3.8, 4) is 16.9 Å². The predicted molar refractivity (Wildman–Crippen MR) is 148 cm³/mol. The van der Waals surface area contributed by atoms with E-state index in [1.807, 2.05) is 54.6 Å². The summed E-state index contributed by atoms with van der Waals surface area (Å²) in [6, 6.07) is 30.6. The van der Waals surface area contributed by atoms with Crippen LogP contribution in [0.25, 0.3) is 11.1 Å². The highest BCUT2D eigenvalue weighted by atomic mass is 16.5. The lowest BCUT2D eigenvalue weighted by Crippen LogP contribution is -2.18. The lowest BCUT2D eigenvalue weighted by molar-refractivity contribution is -0.116. The van der Waals surface area contributed by atoms with Gasteiger partial charge in [-0.05, 0) is 54.8 Å². The summed E-state index contributed by atoms with van der Waals surface area (Å²) in [5, 5.41) is 14.7. The van der Waals surface area contributed by atoms with Gasteiger partial charge in [-0.25, -0.2) is 4.79 Å². The van der Waals surface area contributed by atoms with E-state index in [9.17, 15) is 14.4 Å². The Kier molecular flexibility index (Phi) is 8.86. The van der Waals surface area contributed by atoms with E-state index < -0.39 is 11.9 Å². The van der Waals surface area contributed by atoms with Gasteiger partial charge in [-0.3, -0.25) is 9.59 Å². The molecule has 4 rings (SSSR count). The van der Waals surface area contributed by atoms with Crippen molar-refractivity contribution in [1.82, 2.24) is 0 Å². The van der Waals surface area contributed by atoms with Gasteiger partial charge in [0.15, 0.2) is 0 Å². The van der Waals surface area contributed by atoms with Gasteiger partial charge in [0.05, 0.1) is 23.4 Å². The van der Waals surface area contributed by atoms with Gasteiger partial charge in [0.25, 0.3) is 5.91 Å².